The predicted octanol–water partition coefficient (Wildman–Crippen LogP) is 4.67. The zero-order valence-electron chi connectivity index (χ0n) is 11.5. The zero-order valence-corrected chi connectivity index (χ0v) is 11.5. The first-order chi connectivity index (χ1) is 9.79. The molecule has 3 heteroatoms. The predicted molar refractivity (Wildman–Crippen MR) is 78.8 cm³/mol. The lowest BCUT2D eigenvalue weighted by molar-refractivity contribution is 0.0978. The van der Waals surface area contributed by atoms with Crippen LogP contribution in [0.5, 0.6) is 5.75 Å². The Bertz CT molecular complexity index is 532. The van der Waals surface area contributed by atoms with Crippen LogP contribution in [0.2, 0.25) is 0 Å². The van der Waals surface area contributed by atoms with Crippen molar-refractivity contribution in [1.29, 1.82) is 0 Å². The molecule has 0 unspecified atom stereocenters. The third kappa shape index (κ3) is 4.12. The van der Waals surface area contributed by atoms with Crippen LogP contribution in [-0.2, 0) is 4.74 Å². The van der Waals surface area contributed by atoms with Gasteiger partial charge in [-0.2, -0.15) is 0 Å². The van der Waals surface area contributed by atoms with E-state index in [1.54, 1.807) is 12.1 Å². The highest BCUT2D eigenvalue weighted by Crippen LogP contribution is 2.22. The van der Waals surface area contributed by atoms with Gasteiger partial charge in [-0.15, -0.1) is 0 Å². The number of unbranched alkanes of at least 4 members (excludes halogenated alkanes) is 1. The van der Waals surface area contributed by atoms with Crippen LogP contribution < -0.4 is 4.74 Å². The monoisotopic (exact) mass is 270 g/mol. The summed E-state index contributed by atoms with van der Waals surface area (Å²) in [5, 5.41) is 0. The lowest BCUT2D eigenvalue weighted by atomic mass is 10.1. The molecule has 0 spiro atoms. The minimum absolute atomic E-state index is 0.400. The van der Waals surface area contributed by atoms with E-state index in [0.29, 0.717) is 12.4 Å². The lowest BCUT2D eigenvalue weighted by Gasteiger charge is -2.06. The maximum atomic E-state index is 11.4. The van der Waals surface area contributed by atoms with Gasteiger partial charge in [-0.3, -0.25) is 0 Å². The van der Waals surface area contributed by atoms with Gasteiger partial charge in [0.25, 0.3) is 0 Å². The second-order valence-electron chi connectivity index (χ2n) is 4.44. The van der Waals surface area contributed by atoms with E-state index in [0.717, 1.165) is 24.0 Å². The first kappa shape index (κ1) is 14.1. The fraction of sp³-hybridized carbons (Fsp3) is 0.235. The summed E-state index contributed by atoms with van der Waals surface area (Å²) in [6.45, 7) is 2.44. The number of ether oxygens (including phenoxy) is 2. The Kier molecular flexibility index (Phi) is 5.18. The molecule has 0 aromatic heterocycles. The minimum Gasteiger partial charge on any atom is -0.434 e. The van der Waals surface area contributed by atoms with Gasteiger partial charge in [0.15, 0.2) is 0 Å². The lowest BCUT2D eigenvalue weighted by Crippen LogP contribution is -2.11. The fourth-order valence-electron chi connectivity index (χ4n) is 1.77. The number of rotatable bonds is 5. The van der Waals surface area contributed by atoms with E-state index in [1.807, 2.05) is 49.4 Å². The highest BCUT2D eigenvalue weighted by Gasteiger charge is 2.05. The molecule has 0 saturated carbocycles. The SMILES string of the molecule is CCCCOC(=O)Oc1ccc(-c2ccccc2)cc1. The van der Waals surface area contributed by atoms with E-state index in [-0.39, 0.29) is 0 Å². The fourth-order valence-corrected chi connectivity index (χ4v) is 1.77. The van der Waals surface area contributed by atoms with Crippen LogP contribution in [-0.4, -0.2) is 12.8 Å². The van der Waals surface area contributed by atoms with Gasteiger partial charge in [0, 0.05) is 0 Å². The molecule has 0 atom stereocenters. The van der Waals surface area contributed by atoms with E-state index >= 15 is 0 Å². The molecule has 2 rings (SSSR count). The van der Waals surface area contributed by atoms with E-state index in [9.17, 15) is 4.79 Å². The zero-order chi connectivity index (χ0) is 14.2. The molecule has 0 aliphatic heterocycles. The molecule has 0 saturated heterocycles. The molecule has 2 aromatic rings. The number of hydrogen-bond acceptors (Lipinski definition) is 3. The standard InChI is InChI=1S/C17H18O3/c1-2-3-13-19-17(18)20-16-11-9-15(10-12-16)14-7-5-4-6-8-14/h4-12H,2-3,13H2,1H3. The summed E-state index contributed by atoms with van der Waals surface area (Å²) in [5.74, 6) is 0.492. The van der Waals surface area contributed by atoms with Gasteiger partial charge in [0.1, 0.15) is 5.75 Å². The summed E-state index contributed by atoms with van der Waals surface area (Å²) in [6.07, 6.45) is 1.19. The van der Waals surface area contributed by atoms with Gasteiger partial charge in [-0.1, -0.05) is 55.8 Å². The second kappa shape index (κ2) is 7.34. The third-order valence-corrected chi connectivity index (χ3v) is 2.88. The van der Waals surface area contributed by atoms with Crippen LogP contribution in [0, 0.1) is 0 Å². The topological polar surface area (TPSA) is 35.5 Å². The van der Waals surface area contributed by atoms with Gasteiger partial charge in [0.2, 0.25) is 0 Å². The van der Waals surface area contributed by atoms with Crippen LogP contribution in [0.4, 0.5) is 4.79 Å². The molecule has 3 nitrogen and oxygen atoms in total. The van der Waals surface area contributed by atoms with Crippen molar-refractivity contribution in [3.8, 4) is 16.9 Å². The van der Waals surface area contributed by atoms with E-state index in [4.69, 9.17) is 9.47 Å². The highest BCUT2D eigenvalue weighted by molar-refractivity contribution is 5.67. The van der Waals surface area contributed by atoms with Crippen molar-refractivity contribution in [2.75, 3.05) is 6.61 Å². The number of carbonyl (C=O) groups excluding carboxylic acids is 1. The second-order valence-corrected chi connectivity index (χ2v) is 4.44. The maximum Gasteiger partial charge on any atom is 0.513 e. The molecule has 0 heterocycles. The quantitative estimate of drug-likeness (QED) is 0.450. The molecule has 104 valence electrons. The van der Waals surface area contributed by atoms with Crippen LogP contribution in [0.15, 0.2) is 54.6 Å². The average Bonchev–Trinajstić information content (AvgIpc) is 2.49. The largest absolute Gasteiger partial charge is 0.513 e. The molecule has 20 heavy (non-hydrogen) atoms. The Balaban J connectivity index is 1.93. The van der Waals surface area contributed by atoms with Crippen molar-refractivity contribution in [3.63, 3.8) is 0 Å². The van der Waals surface area contributed by atoms with Crippen molar-refractivity contribution in [2.45, 2.75) is 19.8 Å². The summed E-state index contributed by atoms with van der Waals surface area (Å²) < 4.78 is 10.0. The number of hydrogen-bond donors (Lipinski definition) is 0. The van der Waals surface area contributed by atoms with Gasteiger partial charge in [0.05, 0.1) is 6.61 Å². The van der Waals surface area contributed by atoms with Gasteiger partial charge in [-0.05, 0) is 29.7 Å². The third-order valence-electron chi connectivity index (χ3n) is 2.88. The van der Waals surface area contributed by atoms with Crippen molar-refractivity contribution >= 4 is 6.16 Å². The Morgan fingerprint density at radius 3 is 2.25 bits per heavy atom. The van der Waals surface area contributed by atoms with Crippen molar-refractivity contribution in [1.82, 2.24) is 0 Å². The van der Waals surface area contributed by atoms with E-state index in [2.05, 4.69) is 0 Å². The molecule has 2 aromatic carbocycles. The van der Waals surface area contributed by atoms with E-state index in [1.165, 1.54) is 0 Å². The normalized spacial score (nSPS) is 10.1. The minimum atomic E-state index is -0.647. The first-order valence-corrected chi connectivity index (χ1v) is 6.79. The first-order valence-electron chi connectivity index (χ1n) is 6.79. The van der Waals surface area contributed by atoms with Crippen molar-refractivity contribution < 1.29 is 14.3 Å². The van der Waals surface area contributed by atoms with Crippen LogP contribution in [0.25, 0.3) is 11.1 Å². The molecule has 0 bridgehead atoms. The van der Waals surface area contributed by atoms with Crippen LogP contribution in [0.1, 0.15) is 19.8 Å². The van der Waals surface area contributed by atoms with Gasteiger partial charge >= 0.3 is 6.16 Å². The molecular formula is C17H18O3. The van der Waals surface area contributed by atoms with Gasteiger partial charge < -0.3 is 9.47 Å². The summed E-state index contributed by atoms with van der Waals surface area (Å²) >= 11 is 0. The summed E-state index contributed by atoms with van der Waals surface area (Å²) in [7, 11) is 0. The Hall–Kier alpha value is -2.29. The van der Waals surface area contributed by atoms with Gasteiger partial charge in [-0.25, -0.2) is 4.79 Å². The average molecular weight is 270 g/mol. The highest BCUT2D eigenvalue weighted by atomic mass is 16.7. The molecule has 0 aliphatic rings. The molecule has 0 aliphatic carbocycles. The summed E-state index contributed by atoms with van der Waals surface area (Å²) in [5.41, 5.74) is 2.21. The van der Waals surface area contributed by atoms with Crippen molar-refractivity contribution in [2.24, 2.45) is 0 Å². The molecule has 0 amide bonds. The Labute approximate surface area is 119 Å². The van der Waals surface area contributed by atoms with Crippen molar-refractivity contribution in [3.05, 3.63) is 54.6 Å². The summed E-state index contributed by atoms with van der Waals surface area (Å²) in [4.78, 5) is 11.4. The van der Waals surface area contributed by atoms with Crippen LogP contribution >= 0.6 is 0 Å². The molecular weight excluding hydrogens is 252 g/mol. The molecule has 0 fully saturated rings. The number of benzene rings is 2. The Morgan fingerprint density at radius 1 is 0.950 bits per heavy atom. The molecule has 0 N–H and O–H groups in total. The van der Waals surface area contributed by atoms with E-state index < -0.39 is 6.16 Å². The Morgan fingerprint density at radius 2 is 1.60 bits per heavy atom. The van der Waals surface area contributed by atoms with Crippen LogP contribution in [0.3, 0.4) is 0 Å². The maximum absolute atomic E-state index is 11.4. The smallest absolute Gasteiger partial charge is 0.434 e. The molecule has 0 radical (unpaired) electrons. The number of carbonyl (C=O) groups is 1. The summed E-state index contributed by atoms with van der Waals surface area (Å²) in [6, 6.07) is 17.4.